The first-order valence-corrected chi connectivity index (χ1v) is 12.8. The third-order valence-corrected chi connectivity index (χ3v) is 6.82. The highest BCUT2D eigenvalue weighted by Gasteiger charge is 2.45. The van der Waals surface area contributed by atoms with Crippen LogP contribution in [-0.2, 0) is 14.3 Å². The number of nitrogens with one attached hydrogen (secondary N) is 2. The lowest BCUT2D eigenvalue weighted by atomic mass is 10.1. The second-order valence-corrected chi connectivity index (χ2v) is 9.32. The molecule has 4 rings (SSSR count). The van der Waals surface area contributed by atoms with Crippen molar-refractivity contribution in [3.63, 3.8) is 0 Å². The minimum Gasteiger partial charge on any atom is -0.497 e. The zero-order valence-electron chi connectivity index (χ0n) is 20.5. The van der Waals surface area contributed by atoms with Gasteiger partial charge in [0.2, 0.25) is 11.0 Å². The summed E-state index contributed by atoms with van der Waals surface area (Å²) in [4.78, 5) is 52.8. The van der Waals surface area contributed by atoms with E-state index in [-0.39, 0.29) is 18.1 Å². The summed E-state index contributed by atoms with van der Waals surface area (Å²) in [5.41, 5.74) is 3.92. The molecule has 3 amide bonds. The zero-order chi connectivity index (χ0) is 27.2. The van der Waals surface area contributed by atoms with Gasteiger partial charge >= 0.3 is 5.97 Å². The average molecular weight is 553 g/mol. The molecular formula is C26H24N4O6S2. The first-order valence-electron chi connectivity index (χ1n) is 11.5. The largest absolute Gasteiger partial charge is 0.497 e. The van der Waals surface area contributed by atoms with Crippen LogP contribution >= 0.6 is 23.6 Å². The van der Waals surface area contributed by atoms with Gasteiger partial charge in [0.15, 0.2) is 0 Å². The van der Waals surface area contributed by atoms with Crippen LogP contribution in [-0.4, -0.2) is 53.6 Å². The van der Waals surface area contributed by atoms with Gasteiger partial charge in [0.1, 0.15) is 11.8 Å². The van der Waals surface area contributed by atoms with Crippen LogP contribution in [0.2, 0.25) is 0 Å². The molecule has 1 aliphatic heterocycles. The maximum absolute atomic E-state index is 13.5. The molecule has 0 saturated carbocycles. The number of hydrogen-bond donors (Lipinski definition) is 2. The van der Waals surface area contributed by atoms with Crippen molar-refractivity contribution < 1.29 is 28.7 Å². The molecule has 12 heteroatoms. The number of carbonyl (C=O) groups excluding carboxylic acids is 4. The highest BCUT2D eigenvalue weighted by Crippen LogP contribution is 2.28. The molecule has 1 atom stereocenters. The van der Waals surface area contributed by atoms with Crippen LogP contribution in [0, 0.1) is 0 Å². The van der Waals surface area contributed by atoms with Gasteiger partial charge in [-0.3, -0.25) is 24.7 Å². The fraction of sp³-hybridized carbons (Fsp3) is 0.192. The minimum atomic E-state index is -1.09. The Bertz CT molecular complexity index is 1340. The molecule has 1 fully saturated rings. The average Bonchev–Trinajstić information content (AvgIpc) is 3.53. The fourth-order valence-corrected chi connectivity index (χ4v) is 4.71. The molecule has 2 aromatic carbocycles. The highest BCUT2D eigenvalue weighted by atomic mass is 32.1. The first-order chi connectivity index (χ1) is 18.3. The quantitative estimate of drug-likeness (QED) is 0.306. The van der Waals surface area contributed by atoms with Gasteiger partial charge in [0.05, 0.1) is 36.3 Å². The number of rotatable bonds is 9. The van der Waals surface area contributed by atoms with E-state index < -0.39 is 29.7 Å². The Balaban J connectivity index is 1.53. The van der Waals surface area contributed by atoms with Crippen molar-refractivity contribution in [1.82, 2.24) is 10.4 Å². The standard InChI is InChI=1S/C26H24N4O6S2/c1-3-36-25(34)16-6-8-17(9-7-16)27-22(31)15-20-24(33)29(18-10-12-19(35-2)13-11-18)26(37)30(20)28-23(32)21-5-4-14-38-21/h4-14,20H,3,15H2,1-2H3,(H,27,31)(H,28,32). The number of hydrogen-bond acceptors (Lipinski definition) is 8. The Hall–Kier alpha value is -4.29. The second-order valence-electron chi connectivity index (χ2n) is 8.01. The SMILES string of the molecule is CCOC(=O)c1ccc(NC(=O)CC2C(=O)N(c3ccc(OC)cc3)C(=S)N2NC(=O)c2cccs2)cc1. The van der Waals surface area contributed by atoms with E-state index in [0.717, 1.165) is 0 Å². The van der Waals surface area contributed by atoms with Crippen molar-refractivity contribution in [2.24, 2.45) is 0 Å². The van der Waals surface area contributed by atoms with Gasteiger partial charge in [-0.05, 0) is 79.1 Å². The van der Waals surface area contributed by atoms with Crippen LogP contribution in [0.1, 0.15) is 33.4 Å². The summed E-state index contributed by atoms with van der Waals surface area (Å²) >= 11 is 6.80. The molecule has 1 aliphatic rings. The van der Waals surface area contributed by atoms with Gasteiger partial charge in [-0.25, -0.2) is 9.80 Å². The van der Waals surface area contributed by atoms with E-state index in [1.807, 2.05) is 0 Å². The van der Waals surface area contributed by atoms with Crippen molar-refractivity contribution in [3.05, 3.63) is 76.5 Å². The molecule has 1 aromatic heterocycles. The van der Waals surface area contributed by atoms with Crippen molar-refractivity contribution in [2.75, 3.05) is 23.9 Å². The highest BCUT2D eigenvalue weighted by molar-refractivity contribution is 7.80. The molecule has 1 saturated heterocycles. The van der Waals surface area contributed by atoms with Crippen molar-refractivity contribution >= 4 is 63.7 Å². The van der Waals surface area contributed by atoms with Crippen LogP contribution in [0.15, 0.2) is 66.0 Å². The predicted octanol–water partition coefficient (Wildman–Crippen LogP) is 3.61. The number of hydrazine groups is 1. The maximum Gasteiger partial charge on any atom is 0.338 e. The summed E-state index contributed by atoms with van der Waals surface area (Å²) in [7, 11) is 1.53. The van der Waals surface area contributed by atoms with Crippen molar-refractivity contribution in [3.8, 4) is 5.75 Å². The number of amides is 3. The van der Waals surface area contributed by atoms with Crippen molar-refractivity contribution in [2.45, 2.75) is 19.4 Å². The molecule has 38 heavy (non-hydrogen) atoms. The Labute approximate surface area is 228 Å². The lowest BCUT2D eigenvalue weighted by Gasteiger charge is -2.24. The molecule has 196 valence electrons. The van der Waals surface area contributed by atoms with E-state index in [0.29, 0.717) is 27.6 Å². The van der Waals surface area contributed by atoms with Gasteiger partial charge in [0, 0.05) is 5.69 Å². The Morgan fingerprint density at radius 2 is 1.76 bits per heavy atom. The van der Waals surface area contributed by atoms with Gasteiger partial charge in [-0.2, -0.15) is 0 Å². The predicted molar refractivity (Wildman–Crippen MR) is 146 cm³/mol. The van der Waals surface area contributed by atoms with Crippen LogP contribution < -0.4 is 20.4 Å². The number of nitrogens with zero attached hydrogens (tertiary/aromatic N) is 2. The summed E-state index contributed by atoms with van der Waals surface area (Å²) in [5.74, 6) is -1.28. The van der Waals surface area contributed by atoms with Gasteiger partial charge < -0.3 is 14.8 Å². The number of carbonyl (C=O) groups is 4. The summed E-state index contributed by atoms with van der Waals surface area (Å²) in [6.07, 6.45) is -0.296. The third-order valence-electron chi connectivity index (χ3n) is 5.57. The second kappa shape index (κ2) is 11.8. The Kier molecular flexibility index (Phi) is 8.34. The van der Waals surface area contributed by atoms with Gasteiger partial charge in [-0.1, -0.05) is 6.07 Å². The van der Waals surface area contributed by atoms with E-state index in [2.05, 4.69) is 10.7 Å². The lowest BCUT2D eigenvalue weighted by molar-refractivity contribution is -0.124. The molecule has 10 nitrogen and oxygen atoms in total. The number of thiophene rings is 1. The first kappa shape index (κ1) is 26.8. The van der Waals surface area contributed by atoms with Gasteiger partial charge in [-0.15, -0.1) is 11.3 Å². The molecule has 0 aliphatic carbocycles. The molecule has 2 N–H and O–H groups in total. The maximum atomic E-state index is 13.5. The summed E-state index contributed by atoms with van der Waals surface area (Å²) < 4.78 is 10.1. The number of thiocarbonyl (C=S) groups is 1. The molecule has 1 unspecified atom stereocenters. The number of benzene rings is 2. The van der Waals surface area contributed by atoms with Crippen LogP contribution in [0.5, 0.6) is 5.75 Å². The van der Waals surface area contributed by atoms with E-state index in [4.69, 9.17) is 21.7 Å². The fourth-order valence-electron chi connectivity index (χ4n) is 3.73. The molecule has 0 bridgehead atoms. The smallest absolute Gasteiger partial charge is 0.338 e. The van der Waals surface area contributed by atoms with Crippen molar-refractivity contribution in [1.29, 1.82) is 0 Å². The minimum absolute atomic E-state index is 0.0293. The Morgan fingerprint density at radius 1 is 1.05 bits per heavy atom. The van der Waals surface area contributed by atoms with Gasteiger partial charge in [0.25, 0.3) is 11.8 Å². The molecule has 0 spiro atoms. The Morgan fingerprint density at radius 3 is 2.37 bits per heavy atom. The monoisotopic (exact) mass is 552 g/mol. The molecule has 2 heterocycles. The number of methoxy groups -OCH3 is 1. The van der Waals surface area contributed by atoms with E-state index in [9.17, 15) is 19.2 Å². The summed E-state index contributed by atoms with van der Waals surface area (Å²) in [5, 5.41) is 5.74. The van der Waals surface area contributed by atoms with Crippen LogP contribution in [0.4, 0.5) is 11.4 Å². The van der Waals surface area contributed by atoms with E-state index >= 15 is 0 Å². The zero-order valence-corrected chi connectivity index (χ0v) is 22.1. The molecule has 3 aromatic rings. The summed E-state index contributed by atoms with van der Waals surface area (Å²) in [6, 6.07) is 15.2. The number of anilines is 2. The van der Waals surface area contributed by atoms with E-state index in [1.54, 1.807) is 60.8 Å². The third kappa shape index (κ3) is 5.82. The topological polar surface area (TPSA) is 117 Å². The van der Waals surface area contributed by atoms with E-state index in [1.165, 1.54) is 40.5 Å². The molecule has 0 radical (unpaired) electrons. The van der Waals surface area contributed by atoms with Crippen LogP contribution in [0.3, 0.4) is 0 Å². The number of ether oxygens (including phenoxy) is 2. The normalized spacial score (nSPS) is 14.8. The number of esters is 1. The summed E-state index contributed by atoms with van der Waals surface area (Å²) in [6.45, 7) is 1.96. The van der Waals surface area contributed by atoms with Crippen LogP contribution in [0.25, 0.3) is 0 Å². The lowest BCUT2D eigenvalue weighted by Crippen LogP contribution is -2.49. The molecular weight excluding hydrogens is 528 g/mol.